The molecule has 0 saturated heterocycles. The second-order valence-corrected chi connectivity index (χ2v) is 3.34. The van der Waals surface area contributed by atoms with E-state index in [1.165, 1.54) is 18.5 Å². The van der Waals surface area contributed by atoms with Crippen molar-refractivity contribution in [2.75, 3.05) is 0 Å². The molecule has 0 amide bonds. The average Bonchev–Trinajstić information content (AvgIpc) is 2.39. The number of alkyl halides is 3. The van der Waals surface area contributed by atoms with Crippen LogP contribution in [0.5, 0.6) is 0 Å². The lowest BCUT2D eigenvalue weighted by Gasteiger charge is -2.15. The molecule has 6 heteroatoms. The van der Waals surface area contributed by atoms with E-state index in [1.807, 2.05) is 0 Å². The fourth-order valence-electron chi connectivity index (χ4n) is 1.58. The summed E-state index contributed by atoms with van der Waals surface area (Å²) >= 11 is 0. The monoisotopic (exact) mass is 222 g/mol. The molecule has 0 aliphatic rings. The SMILES string of the molecule is CCn1nc(C)c([C@@H](O)C(F)(F)F)c1C. The maximum absolute atomic E-state index is 12.3. The Morgan fingerprint density at radius 3 is 2.27 bits per heavy atom. The number of aromatic nitrogens is 2. The average molecular weight is 222 g/mol. The van der Waals surface area contributed by atoms with Crippen molar-refractivity contribution in [3.63, 3.8) is 0 Å². The second kappa shape index (κ2) is 3.84. The third-order valence-electron chi connectivity index (χ3n) is 2.32. The zero-order chi connectivity index (χ0) is 11.8. The van der Waals surface area contributed by atoms with Gasteiger partial charge in [-0.1, -0.05) is 0 Å². The van der Waals surface area contributed by atoms with Crippen molar-refractivity contribution in [1.82, 2.24) is 9.78 Å². The lowest BCUT2D eigenvalue weighted by Crippen LogP contribution is -2.21. The van der Waals surface area contributed by atoms with Crippen LogP contribution in [-0.2, 0) is 6.54 Å². The summed E-state index contributed by atoms with van der Waals surface area (Å²) in [5.74, 6) is 0. The van der Waals surface area contributed by atoms with Crippen molar-refractivity contribution >= 4 is 0 Å². The van der Waals surface area contributed by atoms with E-state index < -0.39 is 12.3 Å². The maximum atomic E-state index is 12.3. The van der Waals surface area contributed by atoms with Gasteiger partial charge >= 0.3 is 6.18 Å². The van der Waals surface area contributed by atoms with Gasteiger partial charge in [0.1, 0.15) is 0 Å². The molecule has 0 bridgehead atoms. The Hall–Kier alpha value is -1.04. The Morgan fingerprint density at radius 2 is 1.93 bits per heavy atom. The van der Waals surface area contributed by atoms with Crippen LogP contribution >= 0.6 is 0 Å². The molecule has 15 heavy (non-hydrogen) atoms. The summed E-state index contributed by atoms with van der Waals surface area (Å²) in [5, 5.41) is 13.1. The van der Waals surface area contributed by atoms with Gasteiger partial charge < -0.3 is 5.11 Å². The molecule has 0 fully saturated rings. The zero-order valence-corrected chi connectivity index (χ0v) is 8.76. The summed E-state index contributed by atoms with van der Waals surface area (Å²) in [4.78, 5) is 0. The van der Waals surface area contributed by atoms with E-state index in [0.29, 0.717) is 12.2 Å². The Labute approximate surface area is 85.5 Å². The lowest BCUT2D eigenvalue weighted by molar-refractivity contribution is -0.207. The minimum Gasteiger partial charge on any atom is -0.379 e. The summed E-state index contributed by atoms with van der Waals surface area (Å²) in [5.41, 5.74) is 0.448. The van der Waals surface area contributed by atoms with E-state index in [9.17, 15) is 13.2 Å². The predicted molar refractivity (Wildman–Crippen MR) is 48.4 cm³/mol. The van der Waals surface area contributed by atoms with Crippen LogP contribution in [0.15, 0.2) is 0 Å². The van der Waals surface area contributed by atoms with Gasteiger partial charge in [-0.15, -0.1) is 0 Å². The van der Waals surface area contributed by atoms with Crippen molar-refractivity contribution < 1.29 is 18.3 Å². The maximum Gasteiger partial charge on any atom is 0.418 e. The lowest BCUT2D eigenvalue weighted by atomic mass is 10.1. The Bertz CT molecular complexity index is 357. The van der Waals surface area contributed by atoms with Gasteiger partial charge in [0.25, 0.3) is 0 Å². The number of aliphatic hydroxyl groups excluding tert-OH is 1. The van der Waals surface area contributed by atoms with Crippen molar-refractivity contribution in [3.8, 4) is 0 Å². The van der Waals surface area contributed by atoms with Gasteiger partial charge in [-0.05, 0) is 20.8 Å². The number of nitrogens with zero attached hydrogens (tertiary/aromatic N) is 2. The van der Waals surface area contributed by atoms with E-state index >= 15 is 0 Å². The van der Waals surface area contributed by atoms with Crippen LogP contribution in [0, 0.1) is 13.8 Å². The van der Waals surface area contributed by atoms with Crippen LogP contribution in [0.25, 0.3) is 0 Å². The van der Waals surface area contributed by atoms with Crippen LogP contribution in [0.2, 0.25) is 0 Å². The first-order valence-electron chi connectivity index (χ1n) is 4.57. The van der Waals surface area contributed by atoms with E-state index in [2.05, 4.69) is 5.10 Å². The molecule has 1 atom stereocenters. The zero-order valence-electron chi connectivity index (χ0n) is 8.76. The third kappa shape index (κ3) is 2.14. The van der Waals surface area contributed by atoms with Crippen LogP contribution in [0.4, 0.5) is 13.2 Å². The molecule has 0 saturated carbocycles. The molecule has 86 valence electrons. The molecule has 0 spiro atoms. The third-order valence-corrected chi connectivity index (χ3v) is 2.32. The number of halogens is 3. The number of hydrogen-bond donors (Lipinski definition) is 1. The molecule has 0 aliphatic carbocycles. The van der Waals surface area contributed by atoms with E-state index in [4.69, 9.17) is 5.11 Å². The van der Waals surface area contributed by atoms with E-state index in [-0.39, 0.29) is 11.3 Å². The molecular weight excluding hydrogens is 209 g/mol. The summed E-state index contributed by atoms with van der Waals surface area (Å²) in [6, 6.07) is 0. The Morgan fingerprint density at radius 1 is 1.40 bits per heavy atom. The van der Waals surface area contributed by atoms with Gasteiger partial charge in [-0.25, -0.2) is 0 Å². The van der Waals surface area contributed by atoms with Gasteiger partial charge in [0.05, 0.1) is 5.69 Å². The van der Waals surface area contributed by atoms with Crippen molar-refractivity contribution in [3.05, 3.63) is 17.0 Å². The summed E-state index contributed by atoms with van der Waals surface area (Å²) < 4.78 is 38.4. The predicted octanol–water partition coefficient (Wildman–Crippen LogP) is 2.12. The normalized spacial score (nSPS) is 14.3. The molecule has 1 N–H and O–H groups in total. The standard InChI is InChI=1S/C9H13F3N2O/c1-4-14-6(3)7(5(2)13-14)8(15)9(10,11)12/h8,15H,4H2,1-3H3/t8-/m1/s1. The number of aryl methyl sites for hydroxylation is 2. The number of hydrogen-bond acceptors (Lipinski definition) is 2. The van der Waals surface area contributed by atoms with Gasteiger partial charge in [0, 0.05) is 17.8 Å². The molecule has 1 rings (SSSR count). The molecule has 0 aliphatic heterocycles. The van der Waals surface area contributed by atoms with E-state index in [0.717, 1.165) is 0 Å². The minimum absolute atomic E-state index is 0.135. The highest BCUT2D eigenvalue weighted by molar-refractivity contribution is 5.28. The molecule has 1 heterocycles. The fourth-order valence-corrected chi connectivity index (χ4v) is 1.58. The van der Waals surface area contributed by atoms with Crippen LogP contribution in [-0.4, -0.2) is 21.1 Å². The summed E-state index contributed by atoms with van der Waals surface area (Å²) in [6.07, 6.45) is -7.09. The van der Waals surface area contributed by atoms with Crippen molar-refractivity contribution in [2.24, 2.45) is 0 Å². The molecule has 0 unspecified atom stereocenters. The molecule has 1 aromatic rings. The first-order valence-corrected chi connectivity index (χ1v) is 4.57. The van der Waals surface area contributed by atoms with Crippen LogP contribution < -0.4 is 0 Å². The number of rotatable bonds is 2. The molecule has 0 aromatic carbocycles. The van der Waals surface area contributed by atoms with Gasteiger partial charge in [0.15, 0.2) is 6.10 Å². The Kier molecular flexibility index (Phi) is 3.08. The van der Waals surface area contributed by atoms with Gasteiger partial charge in [0.2, 0.25) is 0 Å². The highest BCUT2D eigenvalue weighted by Gasteiger charge is 2.42. The number of aliphatic hydroxyl groups is 1. The highest BCUT2D eigenvalue weighted by Crippen LogP contribution is 2.35. The minimum atomic E-state index is -4.64. The van der Waals surface area contributed by atoms with Crippen LogP contribution in [0.1, 0.15) is 30.0 Å². The first kappa shape index (κ1) is 12.0. The molecule has 3 nitrogen and oxygen atoms in total. The van der Waals surface area contributed by atoms with E-state index in [1.54, 1.807) is 6.92 Å². The topological polar surface area (TPSA) is 38.0 Å². The van der Waals surface area contributed by atoms with Gasteiger partial charge in [-0.3, -0.25) is 4.68 Å². The second-order valence-electron chi connectivity index (χ2n) is 3.34. The summed E-state index contributed by atoms with van der Waals surface area (Å²) in [7, 11) is 0. The fraction of sp³-hybridized carbons (Fsp3) is 0.667. The summed E-state index contributed by atoms with van der Waals surface area (Å²) in [6.45, 7) is 5.25. The van der Waals surface area contributed by atoms with Crippen molar-refractivity contribution in [1.29, 1.82) is 0 Å². The molecule has 0 radical (unpaired) electrons. The largest absolute Gasteiger partial charge is 0.418 e. The van der Waals surface area contributed by atoms with Crippen molar-refractivity contribution in [2.45, 2.75) is 39.6 Å². The van der Waals surface area contributed by atoms with Gasteiger partial charge in [-0.2, -0.15) is 18.3 Å². The molecular formula is C9H13F3N2O. The highest BCUT2D eigenvalue weighted by atomic mass is 19.4. The smallest absolute Gasteiger partial charge is 0.379 e. The Balaban J connectivity index is 3.20. The quantitative estimate of drug-likeness (QED) is 0.832. The van der Waals surface area contributed by atoms with Crippen LogP contribution in [0.3, 0.4) is 0 Å². The molecule has 1 aromatic heterocycles. The first-order chi connectivity index (χ1) is 6.79.